The van der Waals surface area contributed by atoms with E-state index in [1.165, 1.54) is 7.11 Å². The molecule has 7 heteroatoms. The molecule has 112 valence electrons. The van der Waals surface area contributed by atoms with Crippen LogP contribution < -0.4 is 5.73 Å². The number of rotatable bonds is 2. The van der Waals surface area contributed by atoms with Crippen molar-refractivity contribution in [3.8, 4) is 11.4 Å². The molecule has 3 rings (SSSR count). The lowest BCUT2D eigenvalue weighted by molar-refractivity contribution is 0.0594. The third-order valence-electron chi connectivity index (χ3n) is 3.23. The monoisotopic (exact) mass is 333 g/mol. The Morgan fingerprint density at radius 1 is 1.36 bits per heavy atom. The molecule has 0 radical (unpaired) electrons. The number of carbonyl (C=O) groups is 1. The highest BCUT2D eigenvalue weighted by molar-refractivity contribution is 7.17. The number of ether oxygens (including phenoxy) is 1. The zero-order chi connectivity index (χ0) is 15.9. The van der Waals surface area contributed by atoms with Gasteiger partial charge in [-0.15, -0.1) is 11.3 Å². The van der Waals surface area contributed by atoms with Crippen LogP contribution >= 0.6 is 22.9 Å². The number of benzene rings is 1. The van der Waals surface area contributed by atoms with Gasteiger partial charge in [0.25, 0.3) is 0 Å². The van der Waals surface area contributed by atoms with Gasteiger partial charge in [-0.2, -0.15) is 0 Å². The SMILES string of the molecule is COC(=O)c1nc(-c2csc3ccc(C)cc23)nc(N)c1Cl. The fraction of sp³-hybridized carbons (Fsp3) is 0.133. The molecule has 0 amide bonds. The van der Waals surface area contributed by atoms with Gasteiger partial charge < -0.3 is 10.5 Å². The number of hydrogen-bond donors (Lipinski definition) is 1. The Balaban J connectivity index is 2.24. The van der Waals surface area contributed by atoms with Gasteiger partial charge in [0.2, 0.25) is 0 Å². The summed E-state index contributed by atoms with van der Waals surface area (Å²) < 4.78 is 5.79. The number of anilines is 1. The van der Waals surface area contributed by atoms with E-state index in [2.05, 4.69) is 14.7 Å². The molecule has 2 N–H and O–H groups in total. The molecule has 0 atom stereocenters. The molecule has 0 aliphatic rings. The summed E-state index contributed by atoms with van der Waals surface area (Å²) in [4.78, 5) is 20.2. The molecule has 0 saturated heterocycles. The lowest BCUT2D eigenvalue weighted by atomic mass is 10.1. The maximum atomic E-state index is 11.8. The van der Waals surface area contributed by atoms with Crippen molar-refractivity contribution in [2.45, 2.75) is 6.92 Å². The first kappa shape index (κ1) is 14.7. The van der Waals surface area contributed by atoms with Gasteiger partial charge in [0.1, 0.15) is 10.8 Å². The quantitative estimate of drug-likeness (QED) is 0.724. The normalized spacial score (nSPS) is 10.9. The first-order chi connectivity index (χ1) is 10.5. The summed E-state index contributed by atoms with van der Waals surface area (Å²) in [5, 5.41) is 2.96. The second-order valence-corrected chi connectivity index (χ2v) is 6.02. The van der Waals surface area contributed by atoms with E-state index in [-0.39, 0.29) is 16.5 Å². The third kappa shape index (κ3) is 2.40. The molecule has 0 saturated carbocycles. The molecule has 5 nitrogen and oxygen atoms in total. The van der Waals surface area contributed by atoms with E-state index in [0.717, 1.165) is 21.2 Å². The first-order valence-corrected chi connectivity index (χ1v) is 7.66. The van der Waals surface area contributed by atoms with Gasteiger partial charge in [0.05, 0.1) is 7.11 Å². The Hall–Kier alpha value is -2.18. The van der Waals surface area contributed by atoms with E-state index >= 15 is 0 Å². The van der Waals surface area contributed by atoms with Gasteiger partial charge in [-0.25, -0.2) is 14.8 Å². The number of nitrogen functional groups attached to an aromatic ring is 1. The van der Waals surface area contributed by atoms with E-state index in [9.17, 15) is 4.79 Å². The second-order valence-electron chi connectivity index (χ2n) is 4.74. The number of thiophene rings is 1. The summed E-state index contributed by atoms with van der Waals surface area (Å²) >= 11 is 7.57. The van der Waals surface area contributed by atoms with Crippen molar-refractivity contribution < 1.29 is 9.53 Å². The van der Waals surface area contributed by atoms with Crippen LogP contribution in [0.4, 0.5) is 5.82 Å². The molecular formula is C15H12ClN3O2S. The van der Waals surface area contributed by atoms with Gasteiger partial charge in [-0.1, -0.05) is 23.2 Å². The van der Waals surface area contributed by atoms with Crippen LogP contribution in [0, 0.1) is 6.92 Å². The Labute approximate surface area is 135 Å². The second kappa shape index (κ2) is 5.55. The number of fused-ring (bicyclic) bond motifs is 1. The van der Waals surface area contributed by atoms with Crippen molar-refractivity contribution in [1.29, 1.82) is 0 Å². The van der Waals surface area contributed by atoms with Crippen molar-refractivity contribution in [3.63, 3.8) is 0 Å². The number of aromatic nitrogens is 2. The number of carbonyl (C=O) groups excluding carboxylic acids is 1. The number of nitrogens with two attached hydrogens (primary N) is 1. The van der Waals surface area contributed by atoms with Crippen LogP contribution in [0.25, 0.3) is 21.5 Å². The molecule has 3 aromatic rings. The van der Waals surface area contributed by atoms with Crippen LogP contribution in [0.3, 0.4) is 0 Å². The smallest absolute Gasteiger partial charge is 0.358 e. The van der Waals surface area contributed by atoms with E-state index in [1.54, 1.807) is 11.3 Å². The number of nitrogens with zero attached hydrogens (tertiary/aromatic N) is 2. The van der Waals surface area contributed by atoms with Gasteiger partial charge in [0, 0.05) is 21.0 Å². The highest BCUT2D eigenvalue weighted by atomic mass is 35.5. The standard InChI is InChI=1S/C15H12ClN3O2S/c1-7-3-4-10-8(5-7)9(6-22-10)14-18-12(15(20)21-2)11(16)13(17)19-14/h3-6H,1-2H3,(H2,17,18,19). The minimum absolute atomic E-state index is 0.00585. The first-order valence-electron chi connectivity index (χ1n) is 6.41. The van der Waals surface area contributed by atoms with Crippen LogP contribution in [0.2, 0.25) is 5.02 Å². The fourth-order valence-electron chi connectivity index (χ4n) is 2.13. The van der Waals surface area contributed by atoms with Crippen LogP contribution in [0.1, 0.15) is 16.1 Å². The maximum absolute atomic E-state index is 11.8. The topological polar surface area (TPSA) is 78.1 Å². The Morgan fingerprint density at radius 3 is 2.86 bits per heavy atom. The summed E-state index contributed by atoms with van der Waals surface area (Å²) in [6.45, 7) is 2.01. The highest BCUT2D eigenvalue weighted by Crippen LogP contribution is 2.34. The van der Waals surface area contributed by atoms with Crippen molar-refractivity contribution in [3.05, 3.63) is 39.9 Å². The molecule has 0 aliphatic heterocycles. The Morgan fingerprint density at radius 2 is 2.14 bits per heavy atom. The average molecular weight is 334 g/mol. The van der Waals surface area contributed by atoms with E-state index in [1.807, 2.05) is 30.5 Å². The van der Waals surface area contributed by atoms with Crippen molar-refractivity contribution in [2.24, 2.45) is 0 Å². The number of methoxy groups -OCH3 is 1. The highest BCUT2D eigenvalue weighted by Gasteiger charge is 2.20. The largest absolute Gasteiger partial charge is 0.464 e. The van der Waals surface area contributed by atoms with Crippen LogP contribution in [0.5, 0.6) is 0 Å². The van der Waals surface area contributed by atoms with E-state index in [4.69, 9.17) is 17.3 Å². The molecule has 0 fully saturated rings. The molecule has 0 spiro atoms. The lowest BCUT2D eigenvalue weighted by Crippen LogP contribution is -2.09. The third-order valence-corrected chi connectivity index (χ3v) is 4.56. The molecule has 2 heterocycles. The molecular weight excluding hydrogens is 322 g/mol. The van der Waals surface area contributed by atoms with Crippen molar-refractivity contribution in [1.82, 2.24) is 9.97 Å². The lowest BCUT2D eigenvalue weighted by Gasteiger charge is -2.07. The molecule has 1 aromatic carbocycles. The van der Waals surface area contributed by atoms with Crippen molar-refractivity contribution in [2.75, 3.05) is 12.8 Å². The molecule has 0 unspecified atom stereocenters. The predicted molar refractivity (Wildman–Crippen MR) is 88.3 cm³/mol. The van der Waals surface area contributed by atoms with Crippen LogP contribution in [-0.2, 0) is 4.74 Å². The fourth-order valence-corrected chi connectivity index (χ4v) is 3.21. The minimum atomic E-state index is -0.643. The predicted octanol–water partition coefficient (Wildman–Crippen LogP) is 3.69. The molecule has 2 aromatic heterocycles. The van der Waals surface area contributed by atoms with Gasteiger partial charge >= 0.3 is 5.97 Å². The van der Waals surface area contributed by atoms with E-state index in [0.29, 0.717) is 5.82 Å². The number of halogens is 1. The van der Waals surface area contributed by atoms with Gasteiger partial charge in [0.15, 0.2) is 11.5 Å². The zero-order valence-corrected chi connectivity index (χ0v) is 13.5. The Kier molecular flexibility index (Phi) is 3.72. The van der Waals surface area contributed by atoms with Crippen LogP contribution in [0.15, 0.2) is 23.6 Å². The van der Waals surface area contributed by atoms with Gasteiger partial charge in [-0.3, -0.25) is 0 Å². The Bertz CT molecular complexity index is 892. The maximum Gasteiger partial charge on any atom is 0.358 e. The van der Waals surface area contributed by atoms with Gasteiger partial charge in [-0.05, 0) is 19.1 Å². The summed E-state index contributed by atoms with van der Waals surface area (Å²) in [5.41, 5.74) is 7.72. The summed E-state index contributed by atoms with van der Waals surface area (Å²) in [7, 11) is 1.26. The number of esters is 1. The van der Waals surface area contributed by atoms with Crippen molar-refractivity contribution >= 4 is 44.8 Å². The summed E-state index contributed by atoms with van der Waals surface area (Å²) in [6, 6.07) is 6.13. The number of hydrogen-bond acceptors (Lipinski definition) is 6. The van der Waals surface area contributed by atoms with E-state index < -0.39 is 5.97 Å². The molecule has 22 heavy (non-hydrogen) atoms. The summed E-state index contributed by atoms with van der Waals surface area (Å²) in [5.74, 6) is -0.228. The summed E-state index contributed by atoms with van der Waals surface area (Å²) in [6.07, 6.45) is 0. The number of aryl methyl sites for hydroxylation is 1. The zero-order valence-electron chi connectivity index (χ0n) is 11.9. The average Bonchev–Trinajstić information content (AvgIpc) is 2.92. The molecule has 0 bridgehead atoms. The minimum Gasteiger partial charge on any atom is -0.464 e. The molecule has 0 aliphatic carbocycles. The van der Waals surface area contributed by atoms with Crippen LogP contribution in [-0.4, -0.2) is 23.0 Å².